The smallest absolute Gasteiger partial charge is 0.0901 e. The fourth-order valence-corrected chi connectivity index (χ4v) is 2.63. The Morgan fingerprint density at radius 3 is 2.57 bits per heavy atom. The Hall–Kier alpha value is -1.87. The summed E-state index contributed by atoms with van der Waals surface area (Å²) in [6, 6.07) is 6.20. The van der Waals surface area contributed by atoms with E-state index in [-0.39, 0.29) is 0 Å². The fraction of sp³-hybridized carbons (Fsp3) is 0.294. The number of benzene rings is 1. The molecule has 3 rings (SSSR count). The van der Waals surface area contributed by atoms with Crippen molar-refractivity contribution in [2.45, 2.75) is 33.1 Å². The van der Waals surface area contributed by atoms with Crippen molar-refractivity contribution >= 4 is 22.5 Å². The lowest BCUT2D eigenvalue weighted by Gasteiger charge is -2.05. The zero-order valence-electron chi connectivity index (χ0n) is 12.4. The number of hydrogen-bond acceptors (Lipinski definition) is 2. The van der Waals surface area contributed by atoms with Gasteiger partial charge in [0, 0.05) is 28.4 Å². The van der Waals surface area contributed by atoms with Crippen LogP contribution in [0.3, 0.4) is 0 Å². The molecule has 0 unspecified atom stereocenters. The molecule has 0 saturated heterocycles. The lowest BCUT2D eigenvalue weighted by Crippen LogP contribution is -1.91. The highest BCUT2D eigenvalue weighted by atomic mass is 35.5. The standard InChI is InChI=1S/C17H18ClN3/c1-4-12-8-20-17(9-19-12)13-7-16-11(5-14(13)18)6-15(21-16)10(2)3/h5-10,21H,4H2,1-3H3. The third-order valence-corrected chi connectivity index (χ3v) is 4.01. The molecule has 2 heterocycles. The fourth-order valence-electron chi connectivity index (χ4n) is 2.36. The monoisotopic (exact) mass is 299 g/mol. The summed E-state index contributed by atoms with van der Waals surface area (Å²) in [5.74, 6) is 0.461. The number of aryl methyl sites for hydroxylation is 1. The minimum Gasteiger partial charge on any atom is -0.358 e. The number of fused-ring (bicyclic) bond motifs is 1. The molecule has 0 aliphatic heterocycles. The summed E-state index contributed by atoms with van der Waals surface area (Å²) in [6.07, 6.45) is 4.48. The molecular weight excluding hydrogens is 282 g/mol. The van der Waals surface area contributed by atoms with Crippen LogP contribution in [0.15, 0.2) is 30.6 Å². The average Bonchev–Trinajstić information content (AvgIpc) is 2.89. The van der Waals surface area contributed by atoms with Crippen LogP contribution in [0.1, 0.15) is 38.1 Å². The first-order valence-electron chi connectivity index (χ1n) is 7.22. The lowest BCUT2D eigenvalue weighted by atomic mass is 10.1. The molecule has 0 fully saturated rings. The molecule has 3 aromatic rings. The Labute approximate surface area is 129 Å². The van der Waals surface area contributed by atoms with Gasteiger partial charge in [-0.1, -0.05) is 32.4 Å². The Bertz CT molecular complexity index is 773. The SMILES string of the molecule is CCc1cnc(-c2cc3[nH]c(C(C)C)cc3cc2Cl)cn1. The van der Waals surface area contributed by atoms with Gasteiger partial charge >= 0.3 is 0 Å². The van der Waals surface area contributed by atoms with Gasteiger partial charge in [-0.05, 0) is 30.5 Å². The van der Waals surface area contributed by atoms with Crippen LogP contribution < -0.4 is 0 Å². The van der Waals surface area contributed by atoms with Crippen LogP contribution in [0.5, 0.6) is 0 Å². The summed E-state index contributed by atoms with van der Waals surface area (Å²) in [5.41, 5.74) is 5.00. The molecule has 0 radical (unpaired) electrons. The first-order chi connectivity index (χ1) is 10.1. The van der Waals surface area contributed by atoms with E-state index >= 15 is 0 Å². The topological polar surface area (TPSA) is 41.6 Å². The summed E-state index contributed by atoms with van der Waals surface area (Å²) >= 11 is 6.42. The van der Waals surface area contributed by atoms with Gasteiger partial charge in [0.2, 0.25) is 0 Å². The van der Waals surface area contributed by atoms with Gasteiger partial charge in [-0.2, -0.15) is 0 Å². The van der Waals surface area contributed by atoms with Crippen molar-refractivity contribution in [1.82, 2.24) is 15.0 Å². The minimum absolute atomic E-state index is 0.461. The van der Waals surface area contributed by atoms with Gasteiger partial charge in [-0.3, -0.25) is 9.97 Å². The molecule has 0 aliphatic carbocycles. The number of nitrogens with one attached hydrogen (secondary N) is 1. The summed E-state index contributed by atoms with van der Waals surface area (Å²) in [4.78, 5) is 12.3. The molecule has 108 valence electrons. The zero-order chi connectivity index (χ0) is 15.0. The Kier molecular flexibility index (Phi) is 3.68. The van der Waals surface area contributed by atoms with Crippen LogP contribution in [-0.4, -0.2) is 15.0 Å². The van der Waals surface area contributed by atoms with Crippen molar-refractivity contribution in [1.29, 1.82) is 0 Å². The Morgan fingerprint density at radius 1 is 1.14 bits per heavy atom. The van der Waals surface area contributed by atoms with Crippen LogP contribution in [0, 0.1) is 0 Å². The maximum atomic E-state index is 6.42. The van der Waals surface area contributed by atoms with E-state index in [1.165, 1.54) is 5.69 Å². The van der Waals surface area contributed by atoms with Gasteiger partial charge in [0.05, 0.1) is 22.6 Å². The first kappa shape index (κ1) is 14.1. The van der Waals surface area contributed by atoms with Crippen LogP contribution in [0.25, 0.3) is 22.2 Å². The molecule has 1 N–H and O–H groups in total. The zero-order valence-corrected chi connectivity index (χ0v) is 13.2. The predicted molar refractivity (Wildman–Crippen MR) is 87.8 cm³/mol. The highest BCUT2D eigenvalue weighted by molar-refractivity contribution is 6.34. The second-order valence-electron chi connectivity index (χ2n) is 5.55. The van der Waals surface area contributed by atoms with E-state index in [4.69, 9.17) is 11.6 Å². The van der Waals surface area contributed by atoms with Crippen molar-refractivity contribution in [3.8, 4) is 11.3 Å². The number of aromatic amines is 1. The largest absolute Gasteiger partial charge is 0.358 e. The van der Waals surface area contributed by atoms with Gasteiger partial charge in [0.25, 0.3) is 0 Å². The van der Waals surface area contributed by atoms with E-state index in [0.29, 0.717) is 10.9 Å². The molecule has 0 atom stereocenters. The first-order valence-corrected chi connectivity index (χ1v) is 7.59. The van der Waals surface area contributed by atoms with Gasteiger partial charge in [0.15, 0.2) is 0 Å². The molecular formula is C17H18ClN3. The van der Waals surface area contributed by atoms with Crippen LogP contribution in [0.4, 0.5) is 0 Å². The average molecular weight is 300 g/mol. The molecule has 0 amide bonds. The van der Waals surface area contributed by atoms with Crippen LogP contribution in [-0.2, 0) is 6.42 Å². The number of aromatic nitrogens is 3. The molecule has 2 aromatic heterocycles. The van der Waals surface area contributed by atoms with Crippen molar-refractivity contribution in [2.24, 2.45) is 0 Å². The summed E-state index contributed by atoms with van der Waals surface area (Å²) in [5, 5.41) is 1.83. The highest BCUT2D eigenvalue weighted by Gasteiger charge is 2.11. The minimum atomic E-state index is 0.461. The van der Waals surface area contributed by atoms with E-state index in [9.17, 15) is 0 Å². The second-order valence-corrected chi connectivity index (χ2v) is 5.95. The number of halogens is 1. The van der Waals surface area contributed by atoms with E-state index < -0.39 is 0 Å². The maximum absolute atomic E-state index is 6.42. The van der Waals surface area contributed by atoms with Crippen LogP contribution >= 0.6 is 11.6 Å². The number of hydrogen-bond donors (Lipinski definition) is 1. The Morgan fingerprint density at radius 2 is 1.95 bits per heavy atom. The Balaban J connectivity index is 2.10. The third-order valence-electron chi connectivity index (χ3n) is 3.69. The summed E-state index contributed by atoms with van der Waals surface area (Å²) < 4.78 is 0. The quantitative estimate of drug-likeness (QED) is 0.742. The van der Waals surface area contributed by atoms with Crippen molar-refractivity contribution in [3.63, 3.8) is 0 Å². The number of rotatable bonds is 3. The van der Waals surface area contributed by atoms with Gasteiger partial charge in [-0.25, -0.2) is 0 Å². The maximum Gasteiger partial charge on any atom is 0.0901 e. The normalized spacial score (nSPS) is 11.5. The third kappa shape index (κ3) is 2.66. The molecule has 1 aromatic carbocycles. The summed E-state index contributed by atoms with van der Waals surface area (Å²) in [7, 11) is 0. The lowest BCUT2D eigenvalue weighted by molar-refractivity contribution is 0.836. The highest BCUT2D eigenvalue weighted by Crippen LogP contribution is 2.32. The molecule has 21 heavy (non-hydrogen) atoms. The van der Waals surface area contributed by atoms with E-state index in [2.05, 4.69) is 47.9 Å². The molecule has 0 aliphatic rings. The van der Waals surface area contributed by atoms with E-state index in [0.717, 1.165) is 34.3 Å². The van der Waals surface area contributed by atoms with Gasteiger partial charge < -0.3 is 4.98 Å². The summed E-state index contributed by atoms with van der Waals surface area (Å²) in [6.45, 7) is 6.40. The van der Waals surface area contributed by atoms with E-state index in [1.54, 1.807) is 6.20 Å². The molecule has 0 bridgehead atoms. The number of H-pyrrole nitrogens is 1. The molecule has 0 saturated carbocycles. The van der Waals surface area contributed by atoms with Gasteiger partial charge in [0.1, 0.15) is 0 Å². The molecule has 3 nitrogen and oxygen atoms in total. The second kappa shape index (κ2) is 5.49. The predicted octanol–water partition coefficient (Wildman–Crippen LogP) is 4.96. The van der Waals surface area contributed by atoms with Gasteiger partial charge in [-0.15, -0.1) is 0 Å². The molecule has 0 spiro atoms. The number of nitrogens with zero attached hydrogens (tertiary/aromatic N) is 2. The van der Waals surface area contributed by atoms with E-state index in [1.807, 2.05) is 12.3 Å². The van der Waals surface area contributed by atoms with Crippen molar-refractivity contribution in [3.05, 3.63) is 47.0 Å². The molecule has 4 heteroatoms. The van der Waals surface area contributed by atoms with Crippen LogP contribution in [0.2, 0.25) is 5.02 Å². The van der Waals surface area contributed by atoms with Crippen molar-refractivity contribution < 1.29 is 0 Å². The van der Waals surface area contributed by atoms with Crippen molar-refractivity contribution in [2.75, 3.05) is 0 Å².